The van der Waals surface area contributed by atoms with Crippen LogP contribution in [0.4, 0.5) is 0 Å². The predicted molar refractivity (Wildman–Crippen MR) is 101 cm³/mol. The highest BCUT2D eigenvalue weighted by Gasteiger charge is 2.07. The van der Waals surface area contributed by atoms with Crippen molar-refractivity contribution in [1.82, 2.24) is 5.32 Å². The van der Waals surface area contributed by atoms with Crippen molar-refractivity contribution in [2.75, 3.05) is 14.2 Å². The van der Waals surface area contributed by atoms with Crippen LogP contribution in [-0.4, -0.2) is 20.1 Å². The molecule has 0 saturated heterocycles. The molecule has 0 unspecified atom stereocenters. The van der Waals surface area contributed by atoms with Gasteiger partial charge >= 0.3 is 0 Å². The van der Waals surface area contributed by atoms with Crippen molar-refractivity contribution in [1.29, 1.82) is 0 Å². The van der Waals surface area contributed by atoms with Gasteiger partial charge in [0.25, 0.3) is 5.91 Å². The van der Waals surface area contributed by atoms with E-state index in [4.69, 9.17) is 9.47 Å². The summed E-state index contributed by atoms with van der Waals surface area (Å²) in [6.07, 6.45) is 6.42. The molecule has 0 aliphatic rings. The highest BCUT2D eigenvalue weighted by Crippen LogP contribution is 2.27. The average molecular weight is 339 g/mol. The summed E-state index contributed by atoms with van der Waals surface area (Å²) >= 11 is 0. The molecular formula is C21H25NO3. The van der Waals surface area contributed by atoms with Gasteiger partial charge in [-0.05, 0) is 41.8 Å². The van der Waals surface area contributed by atoms with Crippen molar-refractivity contribution >= 4 is 12.0 Å². The summed E-state index contributed by atoms with van der Waals surface area (Å²) in [5, 5.41) is 2.92. The second-order valence-corrected chi connectivity index (χ2v) is 5.69. The minimum absolute atomic E-state index is 0.0983. The third-order valence-corrected chi connectivity index (χ3v) is 3.84. The molecule has 25 heavy (non-hydrogen) atoms. The number of amides is 1. The minimum atomic E-state index is -0.0983. The zero-order valence-corrected chi connectivity index (χ0v) is 15.0. The van der Waals surface area contributed by atoms with Crippen molar-refractivity contribution in [2.45, 2.75) is 26.3 Å². The third-order valence-electron chi connectivity index (χ3n) is 3.84. The summed E-state index contributed by atoms with van der Waals surface area (Å²) in [6.45, 7) is 2.58. The van der Waals surface area contributed by atoms with Gasteiger partial charge in [0.2, 0.25) is 0 Å². The first-order chi connectivity index (χ1) is 12.2. The molecule has 0 aliphatic carbocycles. The Hall–Kier alpha value is -2.75. The molecule has 4 heteroatoms. The molecule has 0 heterocycles. The largest absolute Gasteiger partial charge is 0.493 e. The van der Waals surface area contributed by atoms with Crippen LogP contribution in [-0.2, 0) is 6.54 Å². The van der Waals surface area contributed by atoms with Crippen molar-refractivity contribution in [3.8, 4) is 11.5 Å². The number of carbonyl (C=O) groups excluding carboxylic acids is 1. The molecule has 0 aromatic heterocycles. The van der Waals surface area contributed by atoms with Crippen molar-refractivity contribution in [2.24, 2.45) is 0 Å². The maximum Gasteiger partial charge on any atom is 0.251 e. The second kappa shape index (κ2) is 9.52. The number of unbranched alkanes of at least 4 members (excludes halogenated alkanes) is 1. The van der Waals surface area contributed by atoms with Gasteiger partial charge in [0.15, 0.2) is 11.5 Å². The first kappa shape index (κ1) is 18.6. The van der Waals surface area contributed by atoms with Crippen LogP contribution >= 0.6 is 0 Å². The summed E-state index contributed by atoms with van der Waals surface area (Å²) in [5.41, 5.74) is 2.70. The van der Waals surface area contributed by atoms with Crippen LogP contribution in [0.1, 0.15) is 41.3 Å². The summed E-state index contributed by atoms with van der Waals surface area (Å²) in [5.74, 6) is 1.22. The Bertz CT molecular complexity index is 720. The lowest BCUT2D eigenvalue weighted by Gasteiger charge is -2.10. The van der Waals surface area contributed by atoms with Crippen LogP contribution in [0.15, 0.2) is 48.5 Å². The highest BCUT2D eigenvalue weighted by atomic mass is 16.5. The van der Waals surface area contributed by atoms with Crippen LogP contribution in [0.2, 0.25) is 0 Å². The molecule has 0 fully saturated rings. The highest BCUT2D eigenvalue weighted by molar-refractivity contribution is 5.94. The molecule has 0 atom stereocenters. The molecule has 132 valence electrons. The van der Waals surface area contributed by atoms with Crippen LogP contribution in [0.25, 0.3) is 6.08 Å². The van der Waals surface area contributed by atoms with Gasteiger partial charge in [0.1, 0.15) is 0 Å². The monoisotopic (exact) mass is 339 g/mol. The molecule has 0 bridgehead atoms. The Morgan fingerprint density at radius 2 is 1.76 bits per heavy atom. The molecule has 0 saturated carbocycles. The van der Waals surface area contributed by atoms with Crippen LogP contribution < -0.4 is 14.8 Å². The quantitative estimate of drug-likeness (QED) is 0.773. The SMILES string of the molecule is CCCC=Cc1ccc(C(=O)NCc2ccc(OC)c(OC)c2)cc1. The molecule has 0 radical (unpaired) electrons. The van der Waals surface area contributed by atoms with E-state index in [-0.39, 0.29) is 5.91 Å². The number of hydrogen-bond donors (Lipinski definition) is 1. The maximum atomic E-state index is 12.3. The Balaban J connectivity index is 1.96. The number of nitrogens with one attached hydrogen (secondary N) is 1. The second-order valence-electron chi connectivity index (χ2n) is 5.69. The fraction of sp³-hybridized carbons (Fsp3) is 0.286. The van der Waals surface area contributed by atoms with E-state index in [1.54, 1.807) is 14.2 Å². The Morgan fingerprint density at radius 1 is 1.04 bits per heavy atom. The fourth-order valence-corrected chi connectivity index (χ4v) is 2.41. The van der Waals surface area contributed by atoms with E-state index in [0.29, 0.717) is 23.6 Å². The van der Waals surface area contributed by atoms with Crippen LogP contribution in [0, 0.1) is 0 Å². The summed E-state index contributed by atoms with van der Waals surface area (Å²) in [6, 6.07) is 13.2. The van der Waals surface area contributed by atoms with E-state index in [1.165, 1.54) is 0 Å². The lowest BCUT2D eigenvalue weighted by Crippen LogP contribution is -2.22. The molecule has 1 amide bonds. The zero-order valence-electron chi connectivity index (χ0n) is 15.0. The molecule has 0 aliphatic heterocycles. The topological polar surface area (TPSA) is 47.6 Å². The lowest BCUT2D eigenvalue weighted by atomic mass is 10.1. The van der Waals surface area contributed by atoms with Gasteiger partial charge in [-0.15, -0.1) is 0 Å². The molecule has 2 rings (SSSR count). The average Bonchev–Trinajstić information content (AvgIpc) is 2.66. The van der Waals surface area contributed by atoms with Crippen molar-refractivity contribution < 1.29 is 14.3 Å². The first-order valence-corrected chi connectivity index (χ1v) is 8.43. The number of methoxy groups -OCH3 is 2. The standard InChI is InChI=1S/C21H25NO3/c1-4-5-6-7-16-8-11-18(12-9-16)21(23)22-15-17-10-13-19(24-2)20(14-17)25-3/h6-14H,4-5,15H2,1-3H3,(H,22,23). The molecule has 2 aromatic rings. The van der Waals surface area contributed by atoms with Crippen molar-refractivity contribution in [3.63, 3.8) is 0 Å². The number of ether oxygens (including phenoxy) is 2. The first-order valence-electron chi connectivity index (χ1n) is 8.43. The van der Waals surface area contributed by atoms with Gasteiger partial charge in [-0.2, -0.15) is 0 Å². The predicted octanol–water partition coefficient (Wildman–Crippen LogP) is 4.45. The number of allylic oxidation sites excluding steroid dienone is 1. The third kappa shape index (κ3) is 5.38. The normalized spacial score (nSPS) is 10.7. The summed E-state index contributed by atoms with van der Waals surface area (Å²) in [4.78, 5) is 12.3. The number of hydrogen-bond acceptors (Lipinski definition) is 3. The summed E-state index contributed by atoms with van der Waals surface area (Å²) in [7, 11) is 3.19. The van der Waals surface area contributed by atoms with Gasteiger partial charge in [-0.1, -0.05) is 43.7 Å². The Labute approximate surface area is 149 Å². The van der Waals surface area contributed by atoms with Crippen LogP contribution in [0.5, 0.6) is 11.5 Å². The molecule has 0 spiro atoms. The zero-order chi connectivity index (χ0) is 18.1. The number of carbonyl (C=O) groups is 1. The Morgan fingerprint density at radius 3 is 2.40 bits per heavy atom. The van der Waals surface area contributed by atoms with E-state index < -0.39 is 0 Å². The van der Waals surface area contributed by atoms with E-state index in [2.05, 4.69) is 24.4 Å². The lowest BCUT2D eigenvalue weighted by molar-refractivity contribution is 0.0951. The van der Waals surface area contributed by atoms with Gasteiger partial charge in [0, 0.05) is 12.1 Å². The molecule has 4 nitrogen and oxygen atoms in total. The maximum absolute atomic E-state index is 12.3. The van der Waals surface area contributed by atoms with Gasteiger partial charge < -0.3 is 14.8 Å². The van der Waals surface area contributed by atoms with Crippen molar-refractivity contribution in [3.05, 3.63) is 65.2 Å². The smallest absolute Gasteiger partial charge is 0.251 e. The van der Waals surface area contributed by atoms with Gasteiger partial charge in [-0.25, -0.2) is 0 Å². The van der Waals surface area contributed by atoms with E-state index in [1.807, 2.05) is 42.5 Å². The summed E-state index contributed by atoms with van der Waals surface area (Å²) < 4.78 is 10.5. The van der Waals surface area contributed by atoms with E-state index in [9.17, 15) is 4.79 Å². The molecular weight excluding hydrogens is 314 g/mol. The number of rotatable bonds is 8. The van der Waals surface area contributed by atoms with E-state index in [0.717, 1.165) is 24.0 Å². The molecule has 1 N–H and O–H groups in total. The van der Waals surface area contributed by atoms with Gasteiger partial charge in [0.05, 0.1) is 14.2 Å². The minimum Gasteiger partial charge on any atom is -0.493 e. The molecule has 2 aromatic carbocycles. The number of benzene rings is 2. The fourth-order valence-electron chi connectivity index (χ4n) is 2.41. The van der Waals surface area contributed by atoms with Crippen LogP contribution in [0.3, 0.4) is 0 Å². The van der Waals surface area contributed by atoms with Gasteiger partial charge in [-0.3, -0.25) is 4.79 Å². The Kier molecular flexibility index (Phi) is 7.08. The van der Waals surface area contributed by atoms with E-state index >= 15 is 0 Å².